The number of carbonyl (C=O) groups is 1. The Morgan fingerprint density at radius 1 is 1.40 bits per heavy atom. The molecule has 1 heterocycles. The third-order valence-electron chi connectivity index (χ3n) is 3.53. The molecule has 1 saturated heterocycles. The van der Waals surface area contributed by atoms with E-state index in [1.54, 1.807) is 18.3 Å². The second-order valence-electron chi connectivity index (χ2n) is 5.07. The van der Waals surface area contributed by atoms with Crippen molar-refractivity contribution in [1.29, 1.82) is 0 Å². The van der Waals surface area contributed by atoms with Crippen LogP contribution in [0.3, 0.4) is 0 Å². The molecule has 0 N–H and O–H groups in total. The fraction of sp³-hybridized carbons (Fsp3) is 0.438. The van der Waals surface area contributed by atoms with Crippen LogP contribution in [0.4, 0.5) is 4.79 Å². The first-order valence-electron chi connectivity index (χ1n) is 6.88. The number of piperidine rings is 1. The molecule has 1 aromatic carbocycles. The van der Waals surface area contributed by atoms with Gasteiger partial charge in [0, 0.05) is 13.1 Å². The van der Waals surface area contributed by atoms with E-state index in [0.717, 1.165) is 12.0 Å². The first kappa shape index (κ1) is 14.4. The summed E-state index contributed by atoms with van der Waals surface area (Å²) in [5, 5.41) is 0. The molecular weight excluding hydrogens is 254 g/mol. The molecule has 1 aliphatic rings. The average Bonchev–Trinajstić information content (AvgIpc) is 2.48. The van der Waals surface area contributed by atoms with Crippen LogP contribution in [-0.4, -0.2) is 31.2 Å². The molecule has 108 valence electrons. The Morgan fingerprint density at radius 2 is 2.15 bits per heavy atom. The average molecular weight is 275 g/mol. The van der Waals surface area contributed by atoms with Crippen LogP contribution in [0, 0.1) is 5.92 Å². The molecule has 1 amide bonds. The Morgan fingerprint density at radius 3 is 2.80 bits per heavy atom. The third-order valence-corrected chi connectivity index (χ3v) is 3.53. The maximum absolute atomic E-state index is 12.0. The van der Waals surface area contributed by atoms with Gasteiger partial charge in [-0.05, 0) is 23.5 Å². The molecule has 0 spiro atoms. The zero-order valence-corrected chi connectivity index (χ0v) is 12.0. The molecule has 1 aromatic rings. The predicted octanol–water partition coefficient (Wildman–Crippen LogP) is 3.20. The van der Waals surface area contributed by atoms with Gasteiger partial charge < -0.3 is 14.4 Å². The molecule has 2 rings (SSSR count). The Bertz CT molecular complexity index is 470. The van der Waals surface area contributed by atoms with Crippen LogP contribution in [-0.2, 0) is 16.1 Å². The molecule has 0 aliphatic carbocycles. The summed E-state index contributed by atoms with van der Waals surface area (Å²) in [6, 6.07) is 9.72. The topological polar surface area (TPSA) is 38.8 Å². The highest BCUT2D eigenvalue weighted by molar-refractivity contribution is 5.68. The van der Waals surface area contributed by atoms with Crippen molar-refractivity contribution in [3.05, 3.63) is 47.7 Å². The lowest BCUT2D eigenvalue weighted by atomic mass is 9.95. The minimum absolute atomic E-state index is 0.239. The summed E-state index contributed by atoms with van der Waals surface area (Å²) in [6.07, 6.45) is 2.39. The van der Waals surface area contributed by atoms with E-state index in [2.05, 4.69) is 6.92 Å². The van der Waals surface area contributed by atoms with Crippen molar-refractivity contribution in [1.82, 2.24) is 4.90 Å². The molecule has 0 aromatic heterocycles. The van der Waals surface area contributed by atoms with Gasteiger partial charge in [-0.2, -0.15) is 0 Å². The minimum atomic E-state index is -0.239. The third kappa shape index (κ3) is 3.76. The van der Waals surface area contributed by atoms with Crippen molar-refractivity contribution in [2.24, 2.45) is 5.92 Å². The molecule has 0 saturated carbocycles. The van der Waals surface area contributed by atoms with E-state index in [1.165, 1.54) is 5.57 Å². The van der Waals surface area contributed by atoms with Crippen LogP contribution in [0.1, 0.15) is 18.9 Å². The number of hydrogen-bond donors (Lipinski definition) is 0. The molecule has 1 atom stereocenters. The van der Waals surface area contributed by atoms with Gasteiger partial charge in [0.25, 0.3) is 0 Å². The zero-order chi connectivity index (χ0) is 14.4. The van der Waals surface area contributed by atoms with Crippen molar-refractivity contribution >= 4 is 6.09 Å². The van der Waals surface area contributed by atoms with Crippen LogP contribution >= 0.6 is 0 Å². The first-order valence-corrected chi connectivity index (χ1v) is 6.88. The molecule has 4 heteroatoms. The quantitative estimate of drug-likeness (QED) is 0.795. The van der Waals surface area contributed by atoms with Crippen LogP contribution in [0.5, 0.6) is 0 Å². The van der Waals surface area contributed by atoms with Crippen LogP contribution in [0.25, 0.3) is 0 Å². The SMILES string of the molecule is CO/C=C1/CCN(C(=O)OCc2ccccc2)CC1C. The largest absolute Gasteiger partial charge is 0.504 e. The summed E-state index contributed by atoms with van der Waals surface area (Å²) in [6.45, 7) is 3.79. The molecule has 0 bridgehead atoms. The van der Waals surface area contributed by atoms with E-state index in [9.17, 15) is 4.79 Å². The van der Waals surface area contributed by atoms with Crippen LogP contribution < -0.4 is 0 Å². The van der Waals surface area contributed by atoms with E-state index >= 15 is 0 Å². The lowest BCUT2D eigenvalue weighted by Gasteiger charge is -2.32. The Balaban J connectivity index is 1.84. The molecule has 1 fully saturated rings. The van der Waals surface area contributed by atoms with Gasteiger partial charge in [-0.1, -0.05) is 37.3 Å². The summed E-state index contributed by atoms with van der Waals surface area (Å²) in [5.41, 5.74) is 2.26. The number of amides is 1. The smallest absolute Gasteiger partial charge is 0.410 e. The number of nitrogens with zero attached hydrogens (tertiary/aromatic N) is 1. The molecule has 4 nitrogen and oxygen atoms in total. The second-order valence-corrected chi connectivity index (χ2v) is 5.07. The van der Waals surface area contributed by atoms with Crippen molar-refractivity contribution in [3.8, 4) is 0 Å². The monoisotopic (exact) mass is 275 g/mol. The molecular formula is C16H21NO3. The lowest BCUT2D eigenvalue weighted by Crippen LogP contribution is -2.40. The maximum atomic E-state index is 12.0. The Kier molecular flexibility index (Phi) is 5.04. The molecule has 1 aliphatic heterocycles. The van der Waals surface area contributed by atoms with E-state index in [1.807, 2.05) is 30.3 Å². The summed E-state index contributed by atoms with van der Waals surface area (Å²) >= 11 is 0. The van der Waals surface area contributed by atoms with Gasteiger partial charge in [0.1, 0.15) is 6.61 Å². The summed E-state index contributed by atoms with van der Waals surface area (Å²) in [4.78, 5) is 13.8. The first-order chi connectivity index (χ1) is 9.70. The Hall–Kier alpha value is -1.97. The van der Waals surface area contributed by atoms with E-state index < -0.39 is 0 Å². The summed E-state index contributed by atoms with van der Waals surface area (Å²) in [7, 11) is 1.65. The van der Waals surface area contributed by atoms with Crippen molar-refractivity contribution in [3.63, 3.8) is 0 Å². The number of rotatable bonds is 3. The van der Waals surface area contributed by atoms with Gasteiger partial charge in [-0.3, -0.25) is 0 Å². The van der Waals surface area contributed by atoms with Gasteiger partial charge in [0.2, 0.25) is 0 Å². The highest BCUT2D eigenvalue weighted by Gasteiger charge is 2.25. The van der Waals surface area contributed by atoms with Crippen molar-refractivity contribution < 1.29 is 14.3 Å². The number of benzene rings is 1. The van der Waals surface area contributed by atoms with Crippen LogP contribution in [0.15, 0.2) is 42.2 Å². The fourth-order valence-electron chi connectivity index (χ4n) is 2.35. The van der Waals surface area contributed by atoms with Gasteiger partial charge in [0.15, 0.2) is 0 Å². The minimum Gasteiger partial charge on any atom is -0.504 e. The number of likely N-dealkylation sites (tertiary alicyclic amines) is 1. The van der Waals surface area contributed by atoms with Gasteiger partial charge in [-0.25, -0.2) is 4.79 Å². The number of hydrogen-bond acceptors (Lipinski definition) is 3. The van der Waals surface area contributed by atoms with Crippen molar-refractivity contribution in [2.45, 2.75) is 20.0 Å². The fourth-order valence-corrected chi connectivity index (χ4v) is 2.35. The predicted molar refractivity (Wildman–Crippen MR) is 77.1 cm³/mol. The number of carbonyl (C=O) groups excluding carboxylic acids is 1. The molecule has 0 radical (unpaired) electrons. The van der Waals surface area contributed by atoms with E-state index in [4.69, 9.17) is 9.47 Å². The molecule has 20 heavy (non-hydrogen) atoms. The van der Waals surface area contributed by atoms with Gasteiger partial charge in [-0.15, -0.1) is 0 Å². The summed E-state index contributed by atoms with van der Waals surface area (Å²) in [5.74, 6) is 0.313. The highest BCUT2D eigenvalue weighted by Crippen LogP contribution is 2.23. The normalized spacial score (nSPS) is 20.8. The number of methoxy groups -OCH3 is 1. The van der Waals surface area contributed by atoms with Crippen LogP contribution in [0.2, 0.25) is 0 Å². The standard InChI is InChI=1S/C16H21NO3/c1-13-10-17(9-8-15(13)12-19-2)16(18)20-11-14-6-4-3-5-7-14/h3-7,12-13H,8-11H2,1-2H3/b15-12-. The number of ether oxygens (including phenoxy) is 2. The van der Waals surface area contributed by atoms with E-state index in [-0.39, 0.29) is 6.09 Å². The maximum Gasteiger partial charge on any atom is 0.410 e. The van der Waals surface area contributed by atoms with E-state index in [0.29, 0.717) is 25.6 Å². The van der Waals surface area contributed by atoms with Crippen molar-refractivity contribution in [2.75, 3.05) is 20.2 Å². The second kappa shape index (κ2) is 6.98. The highest BCUT2D eigenvalue weighted by atomic mass is 16.6. The zero-order valence-electron chi connectivity index (χ0n) is 12.0. The van der Waals surface area contributed by atoms with Gasteiger partial charge >= 0.3 is 6.09 Å². The lowest BCUT2D eigenvalue weighted by molar-refractivity contribution is 0.0874. The van der Waals surface area contributed by atoms with Gasteiger partial charge in [0.05, 0.1) is 13.4 Å². The molecule has 1 unspecified atom stereocenters. The Labute approximate surface area is 120 Å². The summed E-state index contributed by atoms with van der Waals surface area (Å²) < 4.78 is 10.4.